The van der Waals surface area contributed by atoms with E-state index in [1.807, 2.05) is 103 Å². The molecule has 1 atom stereocenters. The number of carbonyl (C=O) groups excluding carboxylic acids is 1. The van der Waals surface area contributed by atoms with Crippen molar-refractivity contribution in [2.24, 2.45) is 5.73 Å². The maximum Gasteiger partial charge on any atom is 0.341 e. The Morgan fingerprint density at radius 1 is 0.850 bits per heavy atom. The molecular formula is C34H51NO5. The second kappa shape index (κ2) is 18.9. The molecule has 0 spiro atoms. The molecule has 0 radical (unpaired) electrons. The minimum Gasteiger partial charge on any atom is -0.496 e. The second-order valence-corrected chi connectivity index (χ2v) is 8.69. The molecule has 40 heavy (non-hydrogen) atoms. The highest BCUT2D eigenvalue weighted by molar-refractivity contribution is 5.78. The fraction of sp³-hybridized carbons (Fsp3) is 0.441. The third kappa shape index (κ3) is 8.83. The Bertz CT molecular complexity index is 1120. The molecule has 0 amide bonds. The predicted octanol–water partition coefficient (Wildman–Crippen LogP) is 7.23. The van der Waals surface area contributed by atoms with Gasteiger partial charge in [-0.2, -0.15) is 0 Å². The van der Waals surface area contributed by atoms with Gasteiger partial charge in [0, 0.05) is 35.1 Å². The van der Waals surface area contributed by atoms with Crippen LogP contribution in [0.3, 0.4) is 0 Å². The summed E-state index contributed by atoms with van der Waals surface area (Å²) in [6.07, 6.45) is -0.828. The molecule has 3 aromatic rings. The van der Waals surface area contributed by atoms with Gasteiger partial charge in [0.05, 0.1) is 14.2 Å². The van der Waals surface area contributed by atoms with Gasteiger partial charge in [0.15, 0.2) is 6.10 Å². The van der Waals surface area contributed by atoms with E-state index >= 15 is 0 Å². The Labute approximate surface area is 242 Å². The van der Waals surface area contributed by atoms with Crippen LogP contribution >= 0.6 is 0 Å². The predicted molar refractivity (Wildman–Crippen MR) is 167 cm³/mol. The van der Waals surface area contributed by atoms with Gasteiger partial charge < -0.3 is 25.1 Å². The standard InChI is InChI=1S/C22H27NO5.C6H6.3C2H6/c1-12-6-7-15-13(20(12)28-21(25)16(24)11-23)10-14-17(26-4)8-9-18(27-5)19(14)22(15,2)3;1-2-4-6-5-3-1;3*1-2/h6-9,16,24H,10-11,23H2,1-5H3;1-6H;3*1-2H3. The number of methoxy groups -OCH3 is 2. The zero-order valence-electron chi connectivity index (χ0n) is 26.4. The first-order valence-electron chi connectivity index (χ1n) is 14.2. The Kier molecular flexibility index (Phi) is 17.3. The van der Waals surface area contributed by atoms with Crippen molar-refractivity contribution in [3.05, 3.63) is 88.5 Å². The smallest absolute Gasteiger partial charge is 0.341 e. The van der Waals surface area contributed by atoms with Crippen LogP contribution < -0.4 is 19.9 Å². The monoisotopic (exact) mass is 553 g/mol. The summed E-state index contributed by atoms with van der Waals surface area (Å²) in [5, 5.41) is 9.76. The highest BCUT2D eigenvalue weighted by atomic mass is 16.5. The molecule has 0 aromatic heterocycles. The van der Waals surface area contributed by atoms with Crippen LogP contribution in [-0.4, -0.2) is 37.9 Å². The SMILES string of the molecule is CC.CC.CC.COc1ccc(OC)c2c1Cc1c(ccc(C)c1OC(=O)C(O)CN)C2(C)C.c1ccccc1. The van der Waals surface area contributed by atoms with Gasteiger partial charge >= 0.3 is 5.97 Å². The Hall–Kier alpha value is -3.35. The average Bonchev–Trinajstić information content (AvgIpc) is 3.01. The molecule has 6 nitrogen and oxygen atoms in total. The molecule has 1 aliphatic carbocycles. The van der Waals surface area contributed by atoms with Crippen molar-refractivity contribution in [3.8, 4) is 17.2 Å². The van der Waals surface area contributed by atoms with Gasteiger partial charge in [-0.25, -0.2) is 4.79 Å². The number of aryl methyl sites for hydroxylation is 1. The van der Waals surface area contributed by atoms with Gasteiger partial charge in [0.1, 0.15) is 17.2 Å². The van der Waals surface area contributed by atoms with Crippen LogP contribution in [0.4, 0.5) is 0 Å². The number of aliphatic hydroxyl groups excluding tert-OH is 1. The molecule has 0 heterocycles. The summed E-state index contributed by atoms with van der Waals surface area (Å²) >= 11 is 0. The number of hydrogen-bond donors (Lipinski definition) is 2. The Morgan fingerprint density at radius 3 is 1.77 bits per heavy atom. The van der Waals surface area contributed by atoms with E-state index in [0.29, 0.717) is 12.2 Å². The Balaban J connectivity index is 0.00000107. The first-order chi connectivity index (χ1) is 19.3. The number of hydrogen-bond acceptors (Lipinski definition) is 6. The number of esters is 1. The van der Waals surface area contributed by atoms with E-state index < -0.39 is 17.5 Å². The van der Waals surface area contributed by atoms with Crippen molar-refractivity contribution in [1.82, 2.24) is 0 Å². The number of aliphatic hydroxyl groups is 1. The van der Waals surface area contributed by atoms with Crippen LogP contribution in [0.15, 0.2) is 60.7 Å². The fourth-order valence-electron chi connectivity index (χ4n) is 4.44. The van der Waals surface area contributed by atoms with E-state index in [-0.39, 0.29) is 6.54 Å². The van der Waals surface area contributed by atoms with Gasteiger partial charge in [-0.05, 0) is 30.2 Å². The molecular weight excluding hydrogens is 502 g/mol. The van der Waals surface area contributed by atoms with Crippen molar-refractivity contribution in [2.75, 3.05) is 20.8 Å². The molecule has 222 valence electrons. The van der Waals surface area contributed by atoms with Crippen molar-refractivity contribution >= 4 is 5.97 Å². The van der Waals surface area contributed by atoms with Crippen molar-refractivity contribution < 1.29 is 24.1 Å². The van der Waals surface area contributed by atoms with Crippen molar-refractivity contribution in [1.29, 1.82) is 0 Å². The van der Waals surface area contributed by atoms with Crippen molar-refractivity contribution in [3.63, 3.8) is 0 Å². The topological polar surface area (TPSA) is 91.0 Å². The van der Waals surface area contributed by atoms with E-state index in [2.05, 4.69) is 19.9 Å². The molecule has 6 heteroatoms. The molecule has 0 bridgehead atoms. The van der Waals surface area contributed by atoms with Crippen molar-refractivity contribution in [2.45, 2.75) is 80.3 Å². The van der Waals surface area contributed by atoms with Gasteiger partial charge in [-0.15, -0.1) is 0 Å². The fourth-order valence-corrected chi connectivity index (χ4v) is 4.44. The summed E-state index contributed by atoms with van der Waals surface area (Å²) in [4.78, 5) is 12.2. The molecule has 4 rings (SSSR count). The van der Waals surface area contributed by atoms with Crippen LogP contribution in [-0.2, 0) is 16.6 Å². The summed E-state index contributed by atoms with van der Waals surface area (Å²) in [7, 11) is 3.30. The number of benzene rings is 3. The first-order valence-corrected chi connectivity index (χ1v) is 14.2. The summed E-state index contributed by atoms with van der Waals surface area (Å²) in [5.41, 5.74) is 9.83. The molecule has 1 aliphatic rings. The minimum atomic E-state index is -1.35. The molecule has 3 aromatic carbocycles. The molecule has 0 aliphatic heterocycles. The van der Waals surface area contributed by atoms with E-state index in [9.17, 15) is 9.90 Å². The maximum atomic E-state index is 12.2. The van der Waals surface area contributed by atoms with Gasteiger partial charge in [-0.3, -0.25) is 0 Å². The van der Waals surface area contributed by atoms with Crippen LogP contribution in [0.1, 0.15) is 83.2 Å². The number of nitrogens with two attached hydrogens (primary N) is 1. The number of rotatable bonds is 5. The summed E-state index contributed by atoms with van der Waals surface area (Å²) in [5.74, 6) is 1.28. The van der Waals surface area contributed by atoms with Gasteiger partial charge in [0.25, 0.3) is 0 Å². The summed E-state index contributed by atoms with van der Waals surface area (Å²) in [6.45, 7) is 17.9. The van der Waals surface area contributed by atoms with E-state index in [1.165, 1.54) is 0 Å². The van der Waals surface area contributed by atoms with Crippen LogP contribution in [0.25, 0.3) is 0 Å². The summed E-state index contributed by atoms with van der Waals surface area (Å²) < 4.78 is 16.8. The molecule has 1 unspecified atom stereocenters. The number of carbonyl (C=O) groups is 1. The third-order valence-corrected chi connectivity index (χ3v) is 6.15. The normalized spacial score (nSPS) is 12.3. The van der Waals surface area contributed by atoms with Crippen LogP contribution in [0.5, 0.6) is 17.2 Å². The lowest BCUT2D eigenvalue weighted by molar-refractivity contribution is -0.143. The minimum absolute atomic E-state index is 0.188. The highest BCUT2D eigenvalue weighted by Gasteiger charge is 2.39. The van der Waals surface area contributed by atoms with E-state index in [4.69, 9.17) is 19.9 Å². The number of ether oxygens (including phenoxy) is 3. The first kappa shape index (κ1) is 36.6. The third-order valence-electron chi connectivity index (χ3n) is 6.15. The second-order valence-electron chi connectivity index (χ2n) is 8.69. The zero-order valence-corrected chi connectivity index (χ0v) is 26.4. The van der Waals surface area contributed by atoms with E-state index in [0.717, 1.165) is 39.3 Å². The van der Waals surface area contributed by atoms with Gasteiger partial charge in [-0.1, -0.05) is 104 Å². The highest BCUT2D eigenvalue weighted by Crippen LogP contribution is 2.50. The maximum absolute atomic E-state index is 12.2. The summed E-state index contributed by atoms with van der Waals surface area (Å²) in [6, 6.07) is 19.8. The molecule has 0 saturated heterocycles. The molecule has 0 saturated carbocycles. The van der Waals surface area contributed by atoms with Crippen LogP contribution in [0.2, 0.25) is 0 Å². The molecule has 3 N–H and O–H groups in total. The lowest BCUT2D eigenvalue weighted by Crippen LogP contribution is -2.34. The van der Waals surface area contributed by atoms with Crippen LogP contribution in [0, 0.1) is 6.92 Å². The average molecular weight is 554 g/mol. The van der Waals surface area contributed by atoms with Gasteiger partial charge in [0.2, 0.25) is 0 Å². The number of fused-ring (bicyclic) bond motifs is 2. The molecule has 0 fully saturated rings. The lowest BCUT2D eigenvalue weighted by atomic mass is 9.68. The van der Waals surface area contributed by atoms with E-state index in [1.54, 1.807) is 14.2 Å². The largest absolute Gasteiger partial charge is 0.496 e. The zero-order chi connectivity index (χ0) is 30.9. The Morgan fingerprint density at radius 2 is 1.32 bits per heavy atom. The lowest BCUT2D eigenvalue weighted by Gasteiger charge is -2.37. The quantitative estimate of drug-likeness (QED) is 0.256.